The molecule has 0 aliphatic rings. The van der Waals surface area contributed by atoms with Crippen molar-refractivity contribution in [1.29, 1.82) is 0 Å². The molecule has 1 N–H and O–H groups in total. The quantitative estimate of drug-likeness (QED) is 0.750. The lowest BCUT2D eigenvalue weighted by molar-refractivity contribution is -0.116. The molecule has 0 aliphatic heterocycles. The highest BCUT2D eigenvalue weighted by Gasteiger charge is 2.11. The number of anilines is 1. The minimum atomic E-state index is -0.110. The van der Waals surface area contributed by atoms with Gasteiger partial charge in [-0.3, -0.25) is 4.79 Å². The maximum atomic E-state index is 11.9. The number of nitrogens with one attached hydrogen (secondary N) is 1. The lowest BCUT2D eigenvalue weighted by Gasteiger charge is -1.99. The molecule has 0 atom stereocenters. The highest BCUT2D eigenvalue weighted by molar-refractivity contribution is 7.15. The SMILES string of the molecule is CCc1cnc(NC(=O)CCc2nnc(-c3ccccc3)o2)s1. The van der Waals surface area contributed by atoms with Crippen molar-refractivity contribution in [3.8, 4) is 11.5 Å². The maximum absolute atomic E-state index is 11.9. The highest BCUT2D eigenvalue weighted by Crippen LogP contribution is 2.19. The highest BCUT2D eigenvalue weighted by atomic mass is 32.1. The Morgan fingerprint density at radius 1 is 1.26 bits per heavy atom. The van der Waals surface area contributed by atoms with Gasteiger partial charge >= 0.3 is 0 Å². The summed E-state index contributed by atoms with van der Waals surface area (Å²) in [6, 6.07) is 9.54. The summed E-state index contributed by atoms with van der Waals surface area (Å²) in [6.45, 7) is 2.05. The first-order chi connectivity index (χ1) is 11.2. The Morgan fingerprint density at radius 3 is 2.83 bits per heavy atom. The second kappa shape index (κ2) is 7.15. The third-order valence-corrected chi connectivity index (χ3v) is 4.26. The minimum absolute atomic E-state index is 0.110. The van der Waals surface area contributed by atoms with Gasteiger partial charge in [0.2, 0.25) is 17.7 Å². The van der Waals surface area contributed by atoms with E-state index < -0.39 is 0 Å². The van der Waals surface area contributed by atoms with E-state index in [4.69, 9.17) is 4.42 Å². The lowest BCUT2D eigenvalue weighted by Crippen LogP contribution is -2.12. The Kier molecular flexibility index (Phi) is 4.77. The number of benzene rings is 1. The predicted octanol–water partition coefficient (Wildman–Crippen LogP) is 3.33. The summed E-state index contributed by atoms with van der Waals surface area (Å²) in [6.07, 6.45) is 3.37. The van der Waals surface area contributed by atoms with E-state index >= 15 is 0 Å². The first kappa shape index (κ1) is 15.4. The zero-order valence-electron chi connectivity index (χ0n) is 12.7. The fraction of sp³-hybridized carbons (Fsp3) is 0.250. The third kappa shape index (κ3) is 4.01. The molecule has 7 heteroatoms. The number of amides is 1. The zero-order chi connectivity index (χ0) is 16.1. The molecular weight excluding hydrogens is 312 g/mol. The predicted molar refractivity (Wildman–Crippen MR) is 88.2 cm³/mol. The fourth-order valence-electron chi connectivity index (χ4n) is 1.98. The Labute approximate surface area is 137 Å². The van der Waals surface area contributed by atoms with E-state index in [1.807, 2.05) is 30.3 Å². The van der Waals surface area contributed by atoms with E-state index in [-0.39, 0.29) is 12.3 Å². The molecule has 2 aromatic heterocycles. The molecule has 1 amide bonds. The van der Waals surface area contributed by atoms with Crippen LogP contribution in [0.2, 0.25) is 0 Å². The van der Waals surface area contributed by atoms with E-state index in [1.54, 1.807) is 6.20 Å². The van der Waals surface area contributed by atoms with Gasteiger partial charge in [-0.25, -0.2) is 4.98 Å². The van der Waals surface area contributed by atoms with E-state index in [9.17, 15) is 4.79 Å². The van der Waals surface area contributed by atoms with Crippen LogP contribution in [0, 0.1) is 0 Å². The summed E-state index contributed by atoms with van der Waals surface area (Å²) in [5.74, 6) is 0.808. The van der Waals surface area contributed by atoms with Gasteiger partial charge in [0, 0.05) is 29.5 Å². The molecule has 23 heavy (non-hydrogen) atoms. The fourth-order valence-corrected chi connectivity index (χ4v) is 2.75. The van der Waals surface area contributed by atoms with Crippen LogP contribution in [0.4, 0.5) is 5.13 Å². The molecule has 118 valence electrons. The number of rotatable bonds is 6. The van der Waals surface area contributed by atoms with Crippen LogP contribution in [-0.4, -0.2) is 21.1 Å². The Balaban J connectivity index is 1.54. The molecule has 0 fully saturated rings. The minimum Gasteiger partial charge on any atom is -0.421 e. The Morgan fingerprint density at radius 2 is 2.09 bits per heavy atom. The van der Waals surface area contributed by atoms with E-state index in [0.717, 1.165) is 16.9 Å². The first-order valence-electron chi connectivity index (χ1n) is 7.37. The number of aromatic nitrogens is 3. The summed E-state index contributed by atoms with van der Waals surface area (Å²) < 4.78 is 5.58. The van der Waals surface area contributed by atoms with Crippen LogP contribution >= 0.6 is 11.3 Å². The number of carbonyl (C=O) groups is 1. The molecular formula is C16H16N4O2S. The van der Waals surface area contributed by atoms with Crippen molar-refractivity contribution in [2.45, 2.75) is 26.2 Å². The smallest absolute Gasteiger partial charge is 0.247 e. The summed E-state index contributed by atoms with van der Waals surface area (Å²) in [5, 5.41) is 11.4. The van der Waals surface area contributed by atoms with Crippen molar-refractivity contribution in [1.82, 2.24) is 15.2 Å². The molecule has 0 spiro atoms. The first-order valence-corrected chi connectivity index (χ1v) is 8.18. The summed E-state index contributed by atoms with van der Waals surface area (Å²) >= 11 is 1.49. The molecule has 0 aliphatic carbocycles. The second-order valence-corrected chi connectivity index (χ2v) is 6.02. The van der Waals surface area contributed by atoms with Crippen molar-refractivity contribution in [2.75, 3.05) is 5.32 Å². The van der Waals surface area contributed by atoms with Gasteiger partial charge in [-0.2, -0.15) is 0 Å². The molecule has 0 saturated heterocycles. The molecule has 0 bridgehead atoms. The standard InChI is InChI=1S/C16H16N4O2S/c1-2-12-10-17-16(23-12)18-13(21)8-9-14-19-20-15(22-14)11-6-4-3-5-7-11/h3-7,10H,2,8-9H2,1H3,(H,17,18,21). The van der Waals surface area contributed by atoms with E-state index in [2.05, 4.69) is 27.4 Å². The number of carbonyl (C=O) groups excluding carboxylic acids is 1. The van der Waals surface area contributed by atoms with Crippen LogP contribution in [0.3, 0.4) is 0 Å². The normalized spacial score (nSPS) is 10.7. The second-order valence-electron chi connectivity index (χ2n) is 4.90. The number of aryl methyl sites for hydroxylation is 2. The molecule has 0 saturated carbocycles. The van der Waals surface area contributed by atoms with Gasteiger partial charge in [0.05, 0.1) is 0 Å². The van der Waals surface area contributed by atoms with E-state index in [0.29, 0.717) is 23.3 Å². The molecule has 1 aromatic carbocycles. The topological polar surface area (TPSA) is 80.9 Å². The molecule has 3 aromatic rings. The molecule has 0 unspecified atom stereocenters. The third-order valence-electron chi connectivity index (χ3n) is 3.20. The Bertz CT molecular complexity index is 782. The van der Waals surface area contributed by atoms with E-state index in [1.165, 1.54) is 11.3 Å². The van der Waals surface area contributed by atoms with Crippen molar-refractivity contribution in [2.24, 2.45) is 0 Å². The van der Waals surface area contributed by atoms with Gasteiger partial charge in [0.25, 0.3) is 0 Å². The Hall–Kier alpha value is -2.54. The molecule has 3 rings (SSSR count). The molecule has 6 nitrogen and oxygen atoms in total. The summed E-state index contributed by atoms with van der Waals surface area (Å²) in [4.78, 5) is 17.2. The largest absolute Gasteiger partial charge is 0.421 e. The average Bonchev–Trinajstić information content (AvgIpc) is 3.23. The number of nitrogens with zero attached hydrogens (tertiary/aromatic N) is 3. The van der Waals surface area contributed by atoms with Gasteiger partial charge in [-0.15, -0.1) is 21.5 Å². The van der Waals surface area contributed by atoms with Crippen LogP contribution in [-0.2, 0) is 17.6 Å². The van der Waals surface area contributed by atoms with Crippen LogP contribution in [0.1, 0.15) is 24.1 Å². The van der Waals surface area contributed by atoms with Gasteiger partial charge in [0.1, 0.15) is 0 Å². The lowest BCUT2D eigenvalue weighted by atomic mass is 10.2. The maximum Gasteiger partial charge on any atom is 0.247 e. The van der Waals surface area contributed by atoms with Crippen molar-refractivity contribution < 1.29 is 9.21 Å². The van der Waals surface area contributed by atoms with Crippen LogP contribution in [0.5, 0.6) is 0 Å². The zero-order valence-corrected chi connectivity index (χ0v) is 13.5. The van der Waals surface area contributed by atoms with Crippen molar-refractivity contribution in [3.63, 3.8) is 0 Å². The van der Waals surface area contributed by atoms with Gasteiger partial charge in [-0.1, -0.05) is 25.1 Å². The molecule has 0 radical (unpaired) electrons. The van der Waals surface area contributed by atoms with Crippen LogP contribution in [0.15, 0.2) is 40.9 Å². The number of thiazole rings is 1. The van der Waals surface area contributed by atoms with Gasteiger partial charge < -0.3 is 9.73 Å². The van der Waals surface area contributed by atoms with Crippen molar-refractivity contribution in [3.05, 3.63) is 47.3 Å². The summed E-state index contributed by atoms with van der Waals surface area (Å²) in [5.41, 5.74) is 0.866. The van der Waals surface area contributed by atoms with Crippen molar-refractivity contribution >= 4 is 22.4 Å². The van der Waals surface area contributed by atoms with Gasteiger partial charge in [-0.05, 0) is 18.6 Å². The van der Waals surface area contributed by atoms with Crippen LogP contribution < -0.4 is 5.32 Å². The number of hydrogen-bond acceptors (Lipinski definition) is 6. The van der Waals surface area contributed by atoms with Gasteiger partial charge in [0.15, 0.2) is 5.13 Å². The molecule has 2 heterocycles. The summed E-state index contributed by atoms with van der Waals surface area (Å²) in [7, 11) is 0. The average molecular weight is 328 g/mol. The monoisotopic (exact) mass is 328 g/mol. The van der Waals surface area contributed by atoms with Crippen LogP contribution in [0.25, 0.3) is 11.5 Å². The number of hydrogen-bond donors (Lipinski definition) is 1.